The van der Waals surface area contributed by atoms with Gasteiger partial charge in [0.05, 0.1) is 24.8 Å². The molecule has 0 aliphatic rings. The molecular formula is C15H14Cl2N2O4S. The van der Waals surface area contributed by atoms with Crippen LogP contribution >= 0.6 is 23.2 Å². The van der Waals surface area contributed by atoms with Gasteiger partial charge in [-0.1, -0.05) is 35.3 Å². The van der Waals surface area contributed by atoms with Gasteiger partial charge >= 0.3 is 0 Å². The lowest BCUT2D eigenvalue weighted by atomic mass is 10.1. The van der Waals surface area contributed by atoms with E-state index in [1.54, 1.807) is 24.3 Å². The second kappa shape index (κ2) is 6.70. The van der Waals surface area contributed by atoms with E-state index in [9.17, 15) is 17.8 Å². The first kappa shape index (κ1) is 18.7. The number of rotatable bonds is 4. The van der Waals surface area contributed by atoms with Crippen molar-refractivity contribution in [3.8, 4) is 0 Å². The van der Waals surface area contributed by atoms with Crippen molar-refractivity contribution in [3.63, 3.8) is 0 Å². The van der Waals surface area contributed by atoms with Crippen molar-refractivity contribution in [2.75, 3.05) is 19.4 Å². The van der Waals surface area contributed by atoms with Crippen molar-refractivity contribution in [2.24, 2.45) is 0 Å². The second-order valence-corrected chi connectivity index (χ2v) is 7.96. The summed E-state index contributed by atoms with van der Waals surface area (Å²) in [6, 6.07) is 10.7. The van der Waals surface area contributed by atoms with Crippen molar-refractivity contribution in [2.45, 2.75) is 0 Å². The lowest BCUT2D eigenvalue weighted by Crippen LogP contribution is -2.46. The van der Waals surface area contributed by atoms with Crippen LogP contribution < -0.4 is 9.21 Å². The summed E-state index contributed by atoms with van der Waals surface area (Å²) in [4.78, 5) is 12.3. The Hall–Kier alpha value is -1.64. The highest BCUT2D eigenvalue weighted by Gasteiger charge is 2.30. The van der Waals surface area contributed by atoms with Gasteiger partial charge in [0.2, 0.25) is 0 Å². The van der Waals surface area contributed by atoms with Gasteiger partial charge in [-0.2, -0.15) is 12.3 Å². The third-order valence-corrected chi connectivity index (χ3v) is 5.42. The normalized spacial score (nSPS) is 12.0. The smallest absolute Gasteiger partial charge is 0.258 e. The maximum atomic E-state index is 12.3. The Balaban J connectivity index is 2.33. The Bertz CT molecular complexity index is 898. The molecule has 1 N–H and O–H groups in total. The number of para-hydroxylation sites is 1. The maximum absolute atomic E-state index is 12.3. The summed E-state index contributed by atoms with van der Waals surface area (Å²) in [5.41, 5.74) is 0.704. The molecular weight excluding hydrogens is 375 g/mol. The van der Waals surface area contributed by atoms with Crippen molar-refractivity contribution in [3.05, 3.63) is 58.1 Å². The standard InChI is InChI=1S/C15H14Cl2N2O4S/c1-19(2,24(21,22)23)14-8-7-10(9-12(14)17)15(20)18-13-6-4-3-5-11(13)16/h3-9H,1-2H3,(H-,18,20,21,22,23). The summed E-state index contributed by atoms with van der Waals surface area (Å²) in [5.74, 6) is -0.466. The van der Waals surface area contributed by atoms with Gasteiger partial charge in [0.25, 0.3) is 16.2 Å². The molecule has 0 saturated carbocycles. The average Bonchev–Trinajstić information content (AvgIpc) is 2.48. The van der Waals surface area contributed by atoms with E-state index in [-0.39, 0.29) is 16.3 Å². The van der Waals surface area contributed by atoms with Gasteiger partial charge in [0.15, 0.2) is 5.69 Å². The zero-order chi connectivity index (χ0) is 18.1. The van der Waals surface area contributed by atoms with Gasteiger partial charge in [0.1, 0.15) is 5.02 Å². The van der Waals surface area contributed by atoms with Crippen LogP contribution in [-0.2, 0) is 10.3 Å². The maximum Gasteiger partial charge on any atom is 0.258 e. The molecule has 0 saturated heterocycles. The number of carbonyl (C=O) groups excluding carboxylic acids is 1. The summed E-state index contributed by atoms with van der Waals surface area (Å²) in [5, 5.41) is 3.00. The lowest BCUT2D eigenvalue weighted by Gasteiger charge is -2.31. The average molecular weight is 389 g/mol. The summed E-state index contributed by atoms with van der Waals surface area (Å²) in [6.07, 6.45) is 0. The van der Waals surface area contributed by atoms with E-state index in [1.165, 1.54) is 32.3 Å². The van der Waals surface area contributed by atoms with Crippen LogP contribution in [0.3, 0.4) is 0 Å². The molecule has 0 unspecified atom stereocenters. The zero-order valence-corrected chi connectivity index (χ0v) is 15.1. The van der Waals surface area contributed by atoms with Gasteiger partial charge in [0, 0.05) is 11.6 Å². The molecule has 0 aliphatic heterocycles. The van der Waals surface area contributed by atoms with Gasteiger partial charge in [-0.05, 0) is 24.3 Å². The molecule has 0 spiro atoms. The summed E-state index contributed by atoms with van der Waals surface area (Å²) >= 11 is 12.1. The van der Waals surface area contributed by atoms with E-state index in [0.717, 1.165) is 0 Å². The van der Waals surface area contributed by atoms with Gasteiger partial charge in [-0.25, -0.2) is 0 Å². The van der Waals surface area contributed by atoms with Crippen LogP contribution in [0.1, 0.15) is 10.4 Å². The molecule has 0 heterocycles. The van der Waals surface area contributed by atoms with E-state index in [4.69, 9.17) is 23.2 Å². The number of nitrogens with zero attached hydrogens (tertiary/aromatic N) is 1. The predicted molar refractivity (Wildman–Crippen MR) is 94.2 cm³/mol. The number of quaternary nitrogens is 1. The van der Waals surface area contributed by atoms with Crippen molar-refractivity contribution in [1.82, 2.24) is 3.89 Å². The van der Waals surface area contributed by atoms with E-state index in [1.807, 2.05) is 0 Å². The topological polar surface area (TPSA) is 86.3 Å². The third kappa shape index (κ3) is 3.71. The highest BCUT2D eigenvalue weighted by molar-refractivity contribution is 7.85. The number of hydrogen-bond acceptors (Lipinski definition) is 4. The van der Waals surface area contributed by atoms with Crippen LogP contribution in [-0.4, -0.2) is 33.0 Å². The number of carbonyl (C=O) groups is 1. The van der Waals surface area contributed by atoms with Gasteiger partial charge in [-0.3, -0.25) is 4.79 Å². The number of halogens is 2. The zero-order valence-electron chi connectivity index (χ0n) is 12.8. The van der Waals surface area contributed by atoms with Crippen LogP contribution in [0.5, 0.6) is 0 Å². The molecule has 0 aliphatic carbocycles. The number of benzene rings is 2. The second-order valence-electron chi connectivity index (χ2n) is 5.38. The number of hydrogen-bond donors (Lipinski definition) is 1. The van der Waals surface area contributed by atoms with Crippen molar-refractivity contribution in [1.29, 1.82) is 0 Å². The number of amides is 1. The number of nitrogens with one attached hydrogen (secondary N) is 1. The van der Waals surface area contributed by atoms with Crippen LogP contribution in [0.2, 0.25) is 10.0 Å². The first-order valence-electron chi connectivity index (χ1n) is 6.70. The minimum Gasteiger partial charge on any atom is -0.701 e. The molecule has 2 rings (SSSR count). The fraction of sp³-hybridized carbons (Fsp3) is 0.133. The van der Waals surface area contributed by atoms with Crippen LogP contribution in [0, 0.1) is 0 Å². The summed E-state index contributed by atoms with van der Waals surface area (Å²) in [7, 11) is -2.28. The molecule has 0 aromatic heterocycles. The Kier molecular flexibility index (Phi) is 5.22. The molecule has 1 amide bonds. The molecule has 24 heavy (non-hydrogen) atoms. The van der Waals surface area contributed by atoms with Crippen molar-refractivity contribution < 1.29 is 17.8 Å². The first-order valence-corrected chi connectivity index (χ1v) is 8.82. The summed E-state index contributed by atoms with van der Waals surface area (Å²) in [6.45, 7) is 0. The Morgan fingerprint density at radius 1 is 1.08 bits per heavy atom. The number of anilines is 1. The first-order chi connectivity index (χ1) is 11.0. The van der Waals surface area contributed by atoms with E-state index < -0.39 is 20.1 Å². The minimum atomic E-state index is -4.68. The van der Waals surface area contributed by atoms with Crippen molar-refractivity contribution >= 4 is 50.8 Å². The fourth-order valence-electron chi connectivity index (χ4n) is 1.96. The lowest BCUT2D eigenvalue weighted by molar-refractivity contribution is 0.102. The minimum absolute atomic E-state index is 0.00812. The monoisotopic (exact) mass is 388 g/mol. The quantitative estimate of drug-likeness (QED) is 0.642. The molecule has 9 heteroatoms. The van der Waals surface area contributed by atoms with Crippen LogP contribution in [0.25, 0.3) is 0 Å². The SMILES string of the molecule is C[N+](C)(c1ccc(C(=O)Nc2ccccc2Cl)cc1Cl)S(=O)(=O)[O-]. The Labute approximate surface area is 150 Å². The Morgan fingerprint density at radius 2 is 1.71 bits per heavy atom. The van der Waals surface area contributed by atoms with E-state index in [0.29, 0.717) is 10.7 Å². The molecule has 2 aromatic carbocycles. The molecule has 0 fully saturated rings. The molecule has 128 valence electrons. The van der Waals surface area contributed by atoms with Crippen LogP contribution in [0.15, 0.2) is 42.5 Å². The molecule has 0 bridgehead atoms. The third-order valence-electron chi connectivity index (χ3n) is 3.47. The highest BCUT2D eigenvalue weighted by Crippen LogP contribution is 2.32. The predicted octanol–water partition coefficient (Wildman–Crippen LogP) is 3.27. The largest absolute Gasteiger partial charge is 0.701 e. The van der Waals surface area contributed by atoms with E-state index >= 15 is 0 Å². The van der Waals surface area contributed by atoms with Gasteiger partial charge < -0.3 is 9.87 Å². The molecule has 0 atom stereocenters. The fourth-order valence-corrected chi connectivity index (χ4v) is 2.99. The van der Waals surface area contributed by atoms with Gasteiger partial charge in [-0.15, -0.1) is 0 Å². The summed E-state index contributed by atoms with van der Waals surface area (Å²) < 4.78 is 33.1. The van der Waals surface area contributed by atoms with Crippen LogP contribution in [0.4, 0.5) is 11.4 Å². The van der Waals surface area contributed by atoms with E-state index in [2.05, 4.69) is 5.32 Å². The molecule has 0 radical (unpaired) electrons. The highest BCUT2D eigenvalue weighted by atomic mass is 35.5. The molecule has 6 nitrogen and oxygen atoms in total. The Morgan fingerprint density at radius 3 is 2.25 bits per heavy atom. The molecule has 2 aromatic rings.